The molecule has 6 rings (SSSR count). The topological polar surface area (TPSA) is 70.1 Å². The maximum absolute atomic E-state index is 12.4. The van der Waals surface area contributed by atoms with Crippen LogP contribution in [-0.4, -0.2) is 22.3 Å². The number of hydrazone groups is 1. The second kappa shape index (κ2) is 6.48. The molecule has 1 heterocycles. The number of carbonyl (C=O) groups excluding carboxylic acids is 1. The zero-order valence-corrected chi connectivity index (χ0v) is 15.9. The van der Waals surface area contributed by atoms with E-state index in [0.717, 1.165) is 29.0 Å². The van der Waals surface area contributed by atoms with Crippen molar-refractivity contribution in [1.82, 2.24) is 15.6 Å². The predicted molar refractivity (Wildman–Crippen MR) is 105 cm³/mol. The zero-order valence-electron chi connectivity index (χ0n) is 15.1. The van der Waals surface area contributed by atoms with E-state index in [4.69, 9.17) is 11.6 Å². The number of rotatable bonds is 4. The fraction of sp³-hybridized carbons (Fsp3) is 0.476. The molecule has 1 aromatic heterocycles. The quantitative estimate of drug-likeness (QED) is 0.611. The second-order valence-corrected chi connectivity index (χ2v) is 9.05. The van der Waals surface area contributed by atoms with E-state index in [9.17, 15) is 4.79 Å². The SMILES string of the molecule is O=C(NN=Cc1ccc(Cl)cc1)c1cc(C23CC4CC(CC(C4)C2)C3)[nH]n1. The molecule has 6 heteroatoms. The Labute approximate surface area is 163 Å². The first-order chi connectivity index (χ1) is 13.1. The third kappa shape index (κ3) is 3.18. The number of H-pyrrole nitrogens is 1. The number of aromatic nitrogens is 2. The van der Waals surface area contributed by atoms with Crippen molar-refractivity contribution >= 4 is 23.7 Å². The minimum Gasteiger partial charge on any atom is -0.281 e. The van der Waals surface area contributed by atoms with Crippen molar-refractivity contribution in [2.24, 2.45) is 22.9 Å². The summed E-state index contributed by atoms with van der Waals surface area (Å²) in [6.45, 7) is 0. The number of nitrogens with zero attached hydrogens (tertiary/aromatic N) is 2. The highest BCUT2D eigenvalue weighted by Crippen LogP contribution is 2.60. The van der Waals surface area contributed by atoms with Crippen LogP contribution in [0.5, 0.6) is 0 Å². The van der Waals surface area contributed by atoms with E-state index >= 15 is 0 Å². The third-order valence-electron chi connectivity index (χ3n) is 6.67. The van der Waals surface area contributed by atoms with Gasteiger partial charge in [0.15, 0.2) is 5.69 Å². The lowest BCUT2D eigenvalue weighted by Crippen LogP contribution is -2.48. The Kier molecular flexibility index (Phi) is 4.08. The van der Waals surface area contributed by atoms with Gasteiger partial charge in [-0.2, -0.15) is 10.2 Å². The van der Waals surface area contributed by atoms with E-state index in [1.54, 1.807) is 18.3 Å². The minimum atomic E-state index is -0.285. The molecule has 27 heavy (non-hydrogen) atoms. The average Bonchev–Trinajstić information content (AvgIpc) is 3.13. The molecule has 0 aliphatic heterocycles. The number of nitrogens with one attached hydrogen (secondary N) is 2. The van der Waals surface area contributed by atoms with Crippen molar-refractivity contribution in [2.75, 3.05) is 0 Å². The van der Waals surface area contributed by atoms with Crippen molar-refractivity contribution in [3.05, 3.63) is 52.3 Å². The Hall–Kier alpha value is -2.14. The van der Waals surface area contributed by atoms with Gasteiger partial charge in [-0.25, -0.2) is 5.43 Å². The molecule has 0 unspecified atom stereocenters. The lowest BCUT2D eigenvalue weighted by molar-refractivity contribution is -0.00721. The fourth-order valence-corrected chi connectivity index (χ4v) is 6.05. The summed E-state index contributed by atoms with van der Waals surface area (Å²) >= 11 is 5.86. The van der Waals surface area contributed by atoms with Crippen molar-refractivity contribution in [3.63, 3.8) is 0 Å². The van der Waals surface area contributed by atoms with Gasteiger partial charge in [-0.15, -0.1) is 0 Å². The number of carbonyl (C=O) groups is 1. The highest BCUT2D eigenvalue weighted by Gasteiger charge is 2.52. The largest absolute Gasteiger partial charge is 0.291 e. The number of halogens is 1. The second-order valence-electron chi connectivity index (χ2n) is 8.62. The van der Waals surface area contributed by atoms with Gasteiger partial charge >= 0.3 is 0 Å². The summed E-state index contributed by atoms with van der Waals surface area (Å²) in [7, 11) is 0. The Morgan fingerprint density at radius 3 is 2.41 bits per heavy atom. The van der Waals surface area contributed by atoms with Crippen LogP contribution in [0.4, 0.5) is 0 Å². The summed E-state index contributed by atoms with van der Waals surface area (Å²) in [6, 6.07) is 9.21. The van der Waals surface area contributed by atoms with E-state index in [0.29, 0.717) is 10.7 Å². The number of benzene rings is 1. The summed E-state index contributed by atoms with van der Waals surface area (Å²) in [5, 5.41) is 12.2. The van der Waals surface area contributed by atoms with Gasteiger partial charge < -0.3 is 0 Å². The molecule has 2 N–H and O–H groups in total. The maximum Gasteiger partial charge on any atom is 0.291 e. The minimum absolute atomic E-state index is 0.215. The van der Waals surface area contributed by atoms with Gasteiger partial charge in [0.05, 0.1) is 6.21 Å². The van der Waals surface area contributed by atoms with Gasteiger partial charge in [0, 0.05) is 16.1 Å². The summed E-state index contributed by atoms with van der Waals surface area (Å²) in [5.41, 5.74) is 5.21. The molecule has 0 atom stereocenters. The number of aromatic amines is 1. The molecule has 1 amide bonds. The van der Waals surface area contributed by atoms with E-state index in [-0.39, 0.29) is 11.3 Å². The number of hydrogen-bond donors (Lipinski definition) is 2. The zero-order chi connectivity index (χ0) is 18.4. The molecule has 4 aliphatic rings. The smallest absolute Gasteiger partial charge is 0.281 e. The molecule has 0 saturated heterocycles. The first-order valence-corrected chi connectivity index (χ1v) is 10.1. The Morgan fingerprint density at radius 2 is 1.78 bits per heavy atom. The van der Waals surface area contributed by atoms with Crippen molar-refractivity contribution < 1.29 is 4.79 Å². The first kappa shape index (κ1) is 17.0. The van der Waals surface area contributed by atoms with Crippen LogP contribution >= 0.6 is 11.6 Å². The summed E-state index contributed by atoms with van der Waals surface area (Å²) in [4.78, 5) is 12.4. The molecule has 0 spiro atoms. The molecular weight excluding hydrogens is 360 g/mol. The molecule has 0 radical (unpaired) electrons. The van der Waals surface area contributed by atoms with Gasteiger partial charge in [-0.1, -0.05) is 23.7 Å². The molecule has 5 nitrogen and oxygen atoms in total. The van der Waals surface area contributed by atoms with Gasteiger partial charge in [0.2, 0.25) is 0 Å². The highest BCUT2D eigenvalue weighted by molar-refractivity contribution is 6.30. The van der Waals surface area contributed by atoms with Crippen LogP contribution in [0.1, 0.15) is 60.3 Å². The monoisotopic (exact) mass is 382 g/mol. The van der Waals surface area contributed by atoms with Crippen LogP contribution in [-0.2, 0) is 5.41 Å². The van der Waals surface area contributed by atoms with Crippen LogP contribution < -0.4 is 5.43 Å². The van der Waals surface area contributed by atoms with Gasteiger partial charge in [-0.05, 0) is 80.0 Å². The molecule has 4 bridgehead atoms. The molecule has 2 aromatic rings. The Bertz CT molecular complexity index is 851. The lowest BCUT2D eigenvalue weighted by Gasteiger charge is -2.56. The molecule has 140 valence electrons. The first-order valence-electron chi connectivity index (χ1n) is 9.74. The molecule has 4 saturated carbocycles. The predicted octanol–water partition coefficient (Wildman–Crippen LogP) is 4.29. The standard InChI is InChI=1S/C21H23ClN4O/c22-17-3-1-13(2-4-17)12-23-26-20(27)18-8-19(25-24-18)21-9-14-5-15(10-21)7-16(6-14)11-21/h1-4,8,12,14-16H,5-7,9-11H2,(H,24,25)(H,26,27). The number of hydrogen-bond acceptors (Lipinski definition) is 3. The Morgan fingerprint density at radius 1 is 1.15 bits per heavy atom. The van der Waals surface area contributed by atoms with Crippen LogP contribution in [0.2, 0.25) is 5.02 Å². The van der Waals surface area contributed by atoms with Gasteiger partial charge in [-0.3, -0.25) is 9.89 Å². The highest BCUT2D eigenvalue weighted by atomic mass is 35.5. The van der Waals surface area contributed by atoms with Gasteiger partial charge in [0.1, 0.15) is 0 Å². The third-order valence-corrected chi connectivity index (χ3v) is 6.92. The lowest BCUT2D eigenvalue weighted by atomic mass is 9.49. The van der Waals surface area contributed by atoms with E-state index in [1.165, 1.54) is 38.5 Å². The Balaban J connectivity index is 1.28. The van der Waals surface area contributed by atoms with Crippen LogP contribution in [0.25, 0.3) is 0 Å². The molecule has 4 aliphatic carbocycles. The summed E-state index contributed by atoms with van der Waals surface area (Å²) in [5.74, 6) is 2.30. The molecule has 1 aromatic carbocycles. The number of amides is 1. The maximum atomic E-state index is 12.4. The normalized spacial score (nSPS) is 31.5. The summed E-state index contributed by atoms with van der Waals surface area (Å²) in [6.07, 6.45) is 9.55. The summed E-state index contributed by atoms with van der Waals surface area (Å²) < 4.78 is 0. The van der Waals surface area contributed by atoms with E-state index in [1.807, 2.05) is 18.2 Å². The van der Waals surface area contributed by atoms with Crippen LogP contribution in [0.15, 0.2) is 35.4 Å². The van der Waals surface area contributed by atoms with E-state index in [2.05, 4.69) is 20.7 Å². The molecular formula is C21H23ClN4O. The van der Waals surface area contributed by atoms with Crippen molar-refractivity contribution in [1.29, 1.82) is 0 Å². The van der Waals surface area contributed by atoms with Crippen LogP contribution in [0, 0.1) is 17.8 Å². The van der Waals surface area contributed by atoms with Gasteiger partial charge in [0.25, 0.3) is 5.91 Å². The van der Waals surface area contributed by atoms with Crippen molar-refractivity contribution in [3.8, 4) is 0 Å². The fourth-order valence-electron chi connectivity index (χ4n) is 5.92. The van der Waals surface area contributed by atoms with E-state index < -0.39 is 0 Å². The van der Waals surface area contributed by atoms with Crippen molar-refractivity contribution in [2.45, 2.75) is 43.9 Å². The van der Waals surface area contributed by atoms with Crippen LogP contribution in [0.3, 0.4) is 0 Å². The average molecular weight is 383 g/mol. The molecule has 4 fully saturated rings.